The Hall–Kier alpha value is -2.24. The molecule has 3 aromatic rings. The van der Waals surface area contributed by atoms with Crippen LogP contribution in [0.3, 0.4) is 0 Å². The maximum atomic E-state index is 7.00. The van der Waals surface area contributed by atoms with Crippen LogP contribution in [0.25, 0.3) is 11.3 Å². The molecule has 145 valence electrons. The van der Waals surface area contributed by atoms with Crippen LogP contribution in [0, 0.1) is 6.07 Å². The number of pyridine rings is 1. The van der Waals surface area contributed by atoms with Crippen LogP contribution in [-0.2, 0) is 20.1 Å². The minimum atomic E-state index is 0. The monoisotopic (exact) mass is 543 g/mol. The van der Waals surface area contributed by atoms with Crippen molar-refractivity contribution >= 4 is 22.7 Å². The van der Waals surface area contributed by atoms with E-state index >= 15 is 0 Å². The molecule has 0 saturated carbocycles. The van der Waals surface area contributed by atoms with Crippen LogP contribution in [0.4, 0.5) is 22.7 Å². The summed E-state index contributed by atoms with van der Waals surface area (Å²) in [5.74, 6) is 0. The van der Waals surface area contributed by atoms with Gasteiger partial charge in [0.1, 0.15) is 0 Å². The van der Waals surface area contributed by atoms with Gasteiger partial charge in [-0.3, -0.25) is 0 Å². The van der Waals surface area contributed by atoms with E-state index in [1.807, 2.05) is 30.5 Å². The number of nitrogens with zero attached hydrogens (tertiary/aromatic N) is 3. The molecule has 27 heavy (non-hydrogen) atoms. The Kier molecular flexibility index (Phi) is 9.12. The van der Waals surface area contributed by atoms with Crippen LogP contribution in [-0.4, -0.2) is 43.5 Å². The number of aliphatic hydroxyl groups is 2. The maximum absolute atomic E-state index is 7.00. The molecule has 6 heteroatoms. The van der Waals surface area contributed by atoms with Gasteiger partial charge in [-0.15, -0.1) is 23.8 Å². The Morgan fingerprint density at radius 2 is 1.33 bits per heavy atom. The first kappa shape index (κ1) is 22.8. The molecule has 0 spiro atoms. The van der Waals surface area contributed by atoms with Crippen molar-refractivity contribution in [3.63, 3.8) is 0 Å². The fourth-order valence-electron chi connectivity index (χ4n) is 2.97. The summed E-state index contributed by atoms with van der Waals surface area (Å²) in [6.45, 7) is 0. The predicted octanol–water partition coefficient (Wildman–Crippen LogP) is 3.61. The SMILES string of the molecule is CN1c2c[c-]c(-c3ccccn3)cc2N(C)c2ccccc21.CO.CO.[Ir]. The Bertz CT molecular complexity index is 844. The average Bonchev–Trinajstić information content (AvgIpc) is 2.75. The van der Waals surface area contributed by atoms with E-state index in [4.69, 9.17) is 10.2 Å². The van der Waals surface area contributed by atoms with Crippen molar-refractivity contribution in [2.45, 2.75) is 0 Å². The van der Waals surface area contributed by atoms with Gasteiger partial charge in [-0.25, -0.2) is 0 Å². The molecular formula is C21H24IrN3O2-. The molecule has 0 atom stereocenters. The van der Waals surface area contributed by atoms with Crippen LogP contribution < -0.4 is 9.80 Å². The topological polar surface area (TPSA) is 59.8 Å². The fourth-order valence-corrected chi connectivity index (χ4v) is 2.97. The summed E-state index contributed by atoms with van der Waals surface area (Å²) in [5, 5.41) is 14.0. The van der Waals surface area contributed by atoms with Crippen molar-refractivity contribution in [3.05, 3.63) is 66.9 Å². The number of anilines is 4. The molecular weight excluding hydrogens is 518 g/mol. The van der Waals surface area contributed by atoms with Crippen molar-refractivity contribution in [1.82, 2.24) is 4.98 Å². The minimum absolute atomic E-state index is 0. The first-order valence-electron chi connectivity index (χ1n) is 8.19. The zero-order chi connectivity index (χ0) is 19.1. The second-order valence-corrected chi connectivity index (χ2v) is 5.44. The second kappa shape index (κ2) is 10.8. The van der Waals surface area contributed by atoms with Crippen LogP contribution in [0.2, 0.25) is 0 Å². The molecule has 2 N–H and O–H groups in total. The number of rotatable bonds is 1. The summed E-state index contributed by atoms with van der Waals surface area (Å²) in [5.41, 5.74) is 6.69. The van der Waals surface area contributed by atoms with Crippen molar-refractivity contribution in [3.8, 4) is 11.3 Å². The summed E-state index contributed by atoms with van der Waals surface area (Å²) in [7, 11) is 6.20. The summed E-state index contributed by atoms with van der Waals surface area (Å²) < 4.78 is 0. The van der Waals surface area contributed by atoms with E-state index in [0.717, 1.165) is 31.2 Å². The molecule has 0 fully saturated rings. The first-order chi connectivity index (χ1) is 12.8. The van der Waals surface area contributed by atoms with Gasteiger partial charge in [0, 0.05) is 54.6 Å². The second-order valence-electron chi connectivity index (χ2n) is 5.44. The molecule has 0 unspecified atom stereocenters. The molecule has 0 amide bonds. The van der Waals surface area contributed by atoms with Crippen molar-refractivity contribution in [1.29, 1.82) is 0 Å². The number of aliphatic hydroxyl groups excluding tert-OH is 2. The van der Waals surface area contributed by atoms with Crippen molar-refractivity contribution in [2.75, 3.05) is 38.1 Å². The van der Waals surface area contributed by atoms with Crippen LogP contribution in [0.5, 0.6) is 0 Å². The van der Waals surface area contributed by atoms with Gasteiger partial charge in [0.05, 0.1) is 11.4 Å². The zero-order valence-corrected chi connectivity index (χ0v) is 18.2. The minimum Gasteiger partial charge on any atom is -0.400 e. The number of benzene rings is 2. The Morgan fingerprint density at radius 3 is 1.89 bits per heavy atom. The molecule has 0 bridgehead atoms. The number of fused-ring (bicyclic) bond motifs is 2. The van der Waals surface area contributed by atoms with Gasteiger partial charge in [-0.05, 0) is 35.3 Å². The quantitative estimate of drug-likeness (QED) is 0.460. The predicted molar refractivity (Wildman–Crippen MR) is 107 cm³/mol. The van der Waals surface area contributed by atoms with E-state index in [1.165, 1.54) is 17.1 Å². The summed E-state index contributed by atoms with van der Waals surface area (Å²) in [4.78, 5) is 8.86. The van der Waals surface area contributed by atoms with Gasteiger partial charge in [0.25, 0.3) is 0 Å². The molecule has 1 radical (unpaired) electrons. The molecule has 2 heterocycles. The van der Waals surface area contributed by atoms with Gasteiger partial charge < -0.3 is 25.0 Å². The number of aromatic nitrogens is 1. The van der Waals surface area contributed by atoms with Gasteiger partial charge in [-0.2, -0.15) is 0 Å². The normalized spacial score (nSPS) is 10.9. The molecule has 5 nitrogen and oxygen atoms in total. The molecule has 4 rings (SSSR count). The standard InChI is InChI=1S/C19H16N3.2CH4O.Ir/c1-21-16-8-3-4-9-17(16)22(2)19-13-14(10-11-18(19)21)15-7-5-6-12-20-15;2*1-2;/h3-9,11-13H,1-2H3;2*2H,1H3;/q-1;;;. The third kappa shape index (κ3) is 4.54. The molecule has 1 aliphatic heterocycles. The van der Waals surface area contributed by atoms with Gasteiger partial charge in [0.2, 0.25) is 0 Å². The average molecular weight is 543 g/mol. The first-order valence-corrected chi connectivity index (χ1v) is 8.19. The van der Waals surface area contributed by atoms with Gasteiger partial charge in [0.15, 0.2) is 0 Å². The van der Waals surface area contributed by atoms with E-state index in [9.17, 15) is 0 Å². The summed E-state index contributed by atoms with van der Waals surface area (Å²) in [6, 6.07) is 21.9. The van der Waals surface area contributed by atoms with Gasteiger partial charge >= 0.3 is 0 Å². The summed E-state index contributed by atoms with van der Waals surface area (Å²) >= 11 is 0. The van der Waals surface area contributed by atoms with E-state index in [2.05, 4.69) is 65.3 Å². The van der Waals surface area contributed by atoms with E-state index < -0.39 is 0 Å². The van der Waals surface area contributed by atoms with Crippen molar-refractivity contribution < 1.29 is 30.3 Å². The van der Waals surface area contributed by atoms with Crippen LogP contribution in [0.1, 0.15) is 0 Å². The molecule has 1 aromatic heterocycles. The molecule has 1 aliphatic rings. The van der Waals surface area contributed by atoms with Crippen LogP contribution in [0.15, 0.2) is 60.8 Å². The fraction of sp³-hybridized carbons (Fsp3) is 0.190. The number of hydrogen-bond acceptors (Lipinski definition) is 5. The Labute approximate surface area is 174 Å². The van der Waals surface area contributed by atoms with E-state index in [-0.39, 0.29) is 20.1 Å². The summed E-state index contributed by atoms with van der Waals surface area (Å²) in [6.07, 6.45) is 1.81. The van der Waals surface area contributed by atoms with Gasteiger partial charge in [-0.1, -0.05) is 24.3 Å². The Morgan fingerprint density at radius 1 is 0.778 bits per heavy atom. The zero-order valence-electron chi connectivity index (χ0n) is 15.8. The Balaban J connectivity index is 0.000000686. The number of hydrogen-bond donors (Lipinski definition) is 2. The third-order valence-electron chi connectivity index (χ3n) is 4.18. The number of para-hydroxylation sites is 2. The third-order valence-corrected chi connectivity index (χ3v) is 4.18. The van der Waals surface area contributed by atoms with Crippen LogP contribution >= 0.6 is 0 Å². The van der Waals surface area contributed by atoms with Crippen molar-refractivity contribution in [2.24, 2.45) is 0 Å². The van der Waals surface area contributed by atoms with E-state index in [1.54, 1.807) is 0 Å². The van der Waals surface area contributed by atoms with E-state index in [0.29, 0.717) is 0 Å². The largest absolute Gasteiger partial charge is 0.400 e. The molecule has 0 saturated heterocycles. The molecule has 0 aliphatic carbocycles. The molecule has 2 aromatic carbocycles. The smallest absolute Gasteiger partial charge is 0.0629 e. The maximum Gasteiger partial charge on any atom is 0.0629 e.